The van der Waals surface area contributed by atoms with E-state index in [4.69, 9.17) is 9.84 Å². The Balaban J connectivity index is 2.45. The second kappa shape index (κ2) is 5.88. The van der Waals surface area contributed by atoms with Crippen molar-refractivity contribution in [1.29, 1.82) is 0 Å². The SMILES string of the molecule is Cc1ccc([N+](=O)[O-])cc1Oc1ncc(Br)cc1C(=O)O. The van der Waals surface area contributed by atoms with Gasteiger partial charge in [0.1, 0.15) is 11.3 Å². The minimum absolute atomic E-state index is 0.130. The molecule has 0 fully saturated rings. The largest absolute Gasteiger partial charge is 0.477 e. The fraction of sp³-hybridized carbons (Fsp3) is 0.0769. The van der Waals surface area contributed by atoms with E-state index in [2.05, 4.69) is 20.9 Å². The first-order valence-electron chi connectivity index (χ1n) is 5.70. The summed E-state index contributed by atoms with van der Waals surface area (Å²) in [6, 6.07) is 5.43. The lowest BCUT2D eigenvalue weighted by atomic mass is 10.2. The molecule has 0 bridgehead atoms. The third-order valence-corrected chi connectivity index (χ3v) is 3.07. The highest BCUT2D eigenvalue weighted by molar-refractivity contribution is 9.10. The van der Waals surface area contributed by atoms with Crippen molar-refractivity contribution in [3.05, 3.63) is 56.2 Å². The summed E-state index contributed by atoms with van der Waals surface area (Å²) in [5, 5.41) is 19.9. The Morgan fingerprint density at radius 1 is 1.43 bits per heavy atom. The van der Waals surface area contributed by atoms with E-state index < -0.39 is 10.9 Å². The highest BCUT2D eigenvalue weighted by Crippen LogP contribution is 2.30. The second-order valence-electron chi connectivity index (χ2n) is 4.12. The lowest BCUT2D eigenvalue weighted by Gasteiger charge is -2.10. The molecule has 0 aliphatic rings. The first-order valence-corrected chi connectivity index (χ1v) is 6.49. The topological polar surface area (TPSA) is 103 Å². The molecule has 0 aliphatic carbocycles. The number of rotatable bonds is 4. The number of carboxylic acid groups (broad SMARTS) is 1. The lowest BCUT2D eigenvalue weighted by Crippen LogP contribution is -2.03. The highest BCUT2D eigenvalue weighted by Gasteiger charge is 2.17. The van der Waals surface area contributed by atoms with Crippen molar-refractivity contribution in [1.82, 2.24) is 4.98 Å². The predicted molar refractivity (Wildman–Crippen MR) is 76.8 cm³/mol. The van der Waals surface area contributed by atoms with Crippen molar-refractivity contribution in [3.8, 4) is 11.6 Å². The maximum Gasteiger partial charge on any atom is 0.341 e. The molecule has 1 aromatic heterocycles. The summed E-state index contributed by atoms with van der Waals surface area (Å²) in [4.78, 5) is 25.3. The molecule has 7 nitrogen and oxygen atoms in total. The number of nitro groups is 1. The van der Waals surface area contributed by atoms with Gasteiger partial charge in [-0.25, -0.2) is 9.78 Å². The Labute approximate surface area is 127 Å². The Kier molecular flexibility index (Phi) is 4.18. The van der Waals surface area contributed by atoms with Crippen LogP contribution in [0.4, 0.5) is 5.69 Å². The van der Waals surface area contributed by atoms with E-state index in [-0.39, 0.29) is 22.9 Å². The molecule has 21 heavy (non-hydrogen) atoms. The van der Waals surface area contributed by atoms with Gasteiger partial charge in [-0.2, -0.15) is 0 Å². The number of ether oxygens (including phenoxy) is 1. The van der Waals surface area contributed by atoms with Crippen LogP contribution in [-0.4, -0.2) is 21.0 Å². The maximum absolute atomic E-state index is 11.2. The number of non-ortho nitro benzene ring substituents is 1. The molecule has 0 unspecified atom stereocenters. The number of nitrogens with zero attached hydrogens (tertiary/aromatic N) is 2. The zero-order valence-electron chi connectivity index (χ0n) is 10.7. The van der Waals surface area contributed by atoms with E-state index in [1.807, 2.05) is 0 Å². The van der Waals surface area contributed by atoms with Crippen molar-refractivity contribution in [2.45, 2.75) is 6.92 Å². The normalized spacial score (nSPS) is 10.2. The van der Waals surface area contributed by atoms with E-state index in [0.717, 1.165) is 0 Å². The first kappa shape index (κ1) is 14.9. The van der Waals surface area contributed by atoms with Crippen LogP contribution in [0, 0.1) is 17.0 Å². The van der Waals surface area contributed by atoms with Gasteiger partial charge in [-0.15, -0.1) is 0 Å². The third-order valence-electron chi connectivity index (χ3n) is 2.64. The molecule has 2 rings (SSSR count). The Morgan fingerprint density at radius 3 is 2.76 bits per heavy atom. The smallest absolute Gasteiger partial charge is 0.341 e. The minimum atomic E-state index is -1.21. The van der Waals surface area contributed by atoms with Crippen molar-refractivity contribution < 1.29 is 19.6 Å². The first-order chi connectivity index (χ1) is 9.88. The molecular weight excluding hydrogens is 344 g/mol. The lowest BCUT2D eigenvalue weighted by molar-refractivity contribution is -0.384. The molecule has 1 heterocycles. The zero-order chi connectivity index (χ0) is 15.6. The van der Waals surface area contributed by atoms with Gasteiger partial charge in [0.25, 0.3) is 5.69 Å². The standard InChI is InChI=1S/C13H9BrN2O5/c1-7-2-3-9(16(19)20)5-11(7)21-12-10(13(17)18)4-8(14)6-15-12/h2-6H,1H3,(H,17,18). The number of aromatic carboxylic acids is 1. The number of halogens is 1. The van der Waals surface area contributed by atoms with Crippen LogP contribution in [0.5, 0.6) is 11.6 Å². The number of carbonyl (C=O) groups is 1. The molecule has 0 saturated carbocycles. The molecule has 1 N–H and O–H groups in total. The van der Waals surface area contributed by atoms with Crippen LogP contribution in [-0.2, 0) is 0 Å². The number of carboxylic acids is 1. The summed E-state index contributed by atoms with van der Waals surface area (Å²) < 4.78 is 5.92. The average Bonchev–Trinajstić information content (AvgIpc) is 2.42. The average molecular weight is 353 g/mol. The van der Waals surface area contributed by atoms with Gasteiger partial charge in [0.15, 0.2) is 0 Å². The molecule has 0 amide bonds. The van der Waals surface area contributed by atoms with Crippen LogP contribution in [0.15, 0.2) is 34.9 Å². The van der Waals surface area contributed by atoms with Crippen LogP contribution in [0.25, 0.3) is 0 Å². The van der Waals surface area contributed by atoms with Crippen LogP contribution in [0.3, 0.4) is 0 Å². The number of benzene rings is 1. The van der Waals surface area contributed by atoms with E-state index >= 15 is 0 Å². The molecule has 1 aromatic carbocycles. The van der Waals surface area contributed by atoms with Crippen molar-refractivity contribution in [2.75, 3.05) is 0 Å². The van der Waals surface area contributed by atoms with Gasteiger partial charge < -0.3 is 9.84 Å². The summed E-state index contributed by atoms with van der Waals surface area (Å²) in [5.74, 6) is -1.15. The van der Waals surface area contributed by atoms with Gasteiger partial charge in [-0.3, -0.25) is 10.1 Å². The number of nitro benzene ring substituents is 1. The minimum Gasteiger partial charge on any atom is -0.477 e. The molecular formula is C13H9BrN2O5. The van der Waals surface area contributed by atoms with Gasteiger partial charge in [0.2, 0.25) is 5.88 Å². The maximum atomic E-state index is 11.2. The number of pyridine rings is 1. The number of aryl methyl sites for hydroxylation is 1. The monoisotopic (exact) mass is 352 g/mol. The summed E-state index contributed by atoms with van der Waals surface area (Å²) in [7, 11) is 0. The summed E-state index contributed by atoms with van der Waals surface area (Å²) in [5.41, 5.74) is 0.335. The van der Waals surface area contributed by atoms with E-state index in [1.54, 1.807) is 6.92 Å². The van der Waals surface area contributed by atoms with E-state index in [0.29, 0.717) is 10.0 Å². The van der Waals surface area contributed by atoms with Crippen molar-refractivity contribution >= 4 is 27.6 Å². The summed E-state index contributed by atoms with van der Waals surface area (Å²) in [6.45, 7) is 1.69. The van der Waals surface area contributed by atoms with Gasteiger partial charge in [-0.05, 0) is 40.5 Å². The Hall–Kier alpha value is -2.48. The van der Waals surface area contributed by atoms with Gasteiger partial charge in [0.05, 0.1) is 11.0 Å². The van der Waals surface area contributed by atoms with Crippen LogP contribution in [0.1, 0.15) is 15.9 Å². The molecule has 0 aliphatic heterocycles. The van der Waals surface area contributed by atoms with Crippen LogP contribution < -0.4 is 4.74 Å². The predicted octanol–water partition coefficient (Wildman–Crippen LogP) is 3.55. The van der Waals surface area contributed by atoms with Crippen molar-refractivity contribution in [3.63, 3.8) is 0 Å². The Morgan fingerprint density at radius 2 is 2.14 bits per heavy atom. The number of hydrogen-bond donors (Lipinski definition) is 1. The molecule has 2 aromatic rings. The molecule has 0 radical (unpaired) electrons. The second-order valence-corrected chi connectivity index (χ2v) is 5.04. The molecule has 0 spiro atoms. The molecule has 0 atom stereocenters. The van der Waals surface area contributed by atoms with Crippen LogP contribution in [0.2, 0.25) is 0 Å². The fourth-order valence-electron chi connectivity index (χ4n) is 1.58. The van der Waals surface area contributed by atoms with Crippen LogP contribution >= 0.6 is 15.9 Å². The van der Waals surface area contributed by atoms with E-state index in [9.17, 15) is 14.9 Å². The van der Waals surface area contributed by atoms with Gasteiger partial charge in [-0.1, -0.05) is 0 Å². The number of hydrogen-bond acceptors (Lipinski definition) is 5. The third kappa shape index (κ3) is 3.34. The summed E-state index contributed by atoms with van der Waals surface area (Å²) in [6.07, 6.45) is 1.38. The van der Waals surface area contributed by atoms with Gasteiger partial charge >= 0.3 is 5.97 Å². The number of aromatic nitrogens is 1. The fourth-order valence-corrected chi connectivity index (χ4v) is 1.91. The van der Waals surface area contributed by atoms with E-state index in [1.165, 1.54) is 30.5 Å². The quantitative estimate of drug-likeness (QED) is 0.666. The molecule has 108 valence electrons. The molecule has 8 heteroatoms. The summed E-state index contributed by atoms with van der Waals surface area (Å²) >= 11 is 3.12. The van der Waals surface area contributed by atoms with Crippen molar-refractivity contribution in [2.24, 2.45) is 0 Å². The van der Waals surface area contributed by atoms with Gasteiger partial charge in [0, 0.05) is 16.7 Å². The highest BCUT2D eigenvalue weighted by atomic mass is 79.9. The zero-order valence-corrected chi connectivity index (χ0v) is 12.3. The molecule has 0 saturated heterocycles. The Bertz CT molecular complexity index is 732.